The third kappa shape index (κ3) is 3.24. The van der Waals surface area contributed by atoms with Crippen LogP contribution in [0.5, 0.6) is 0 Å². The van der Waals surface area contributed by atoms with Crippen molar-refractivity contribution in [2.24, 2.45) is 0 Å². The zero-order valence-corrected chi connectivity index (χ0v) is 11.0. The molecule has 0 saturated heterocycles. The first-order chi connectivity index (χ1) is 8.49. The predicted molar refractivity (Wildman–Crippen MR) is 70.6 cm³/mol. The lowest BCUT2D eigenvalue weighted by atomic mass is 10.1. The SMILES string of the molecule is CCC(C)N(CC(=O)O)c1cc(C)ccc1C#N. The minimum Gasteiger partial charge on any atom is -0.480 e. The van der Waals surface area contributed by atoms with E-state index in [-0.39, 0.29) is 12.6 Å². The molecule has 0 aliphatic carbocycles. The van der Waals surface area contributed by atoms with E-state index >= 15 is 0 Å². The number of nitrogens with zero attached hydrogens (tertiary/aromatic N) is 2. The summed E-state index contributed by atoms with van der Waals surface area (Å²) in [6, 6.07) is 7.67. The fourth-order valence-electron chi connectivity index (χ4n) is 1.82. The van der Waals surface area contributed by atoms with Gasteiger partial charge in [-0.3, -0.25) is 4.79 Å². The number of benzene rings is 1. The third-order valence-electron chi connectivity index (χ3n) is 3.01. The zero-order valence-electron chi connectivity index (χ0n) is 11.0. The van der Waals surface area contributed by atoms with Crippen molar-refractivity contribution in [3.8, 4) is 6.07 Å². The van der Waals surface area contributed by atoms with E-state index in [4.69, 9.17) is 10.4 Å². The van der Waals surface area contributed by atoms with Crippen molar-refractivity contribution >= 4 is 11.7 Å². The molecular formula is C14H18N2O2. The molecule has 1 unspecified atom stereocenters. The van der Waals surface area contributed by atoms with Crippen molar-refractivity contribution in [2.75, 3.05) is 11.4 Å². The molecule has 0 bridgehead atoms. The first kappa shape index (κ1) is 14.0. The third-order valence-corrected chi connectivity index (χ3v) is 3.01. The zero-order chi connectivity index (χ0) is 13.7. The molecule has 1 aromatic carbocycles. The summed E-state index contributed by atoms with van der Waals surface area (Å²) in [6.07, 6.45) is 0.825. The average molecular weight is 246 g/mol. The van der Waals surface area contributed by atoms with Gasteiger partial charge in [0, 0.05) is 6.04 Å². The molecule has 0 heterocycles. The molecule has 18 heavy (non-hydrogen) atoms. The number of carboxylic acid groups (broad SMARTS) is 1. The van der Waals surface area contributed by atoms with E-state index in [1.165, 1.54) is 0 Å². The molecule has 0 aliphatic heterocycles. The van der Waals surface area contributed by atoms with E-state index in [2.05, 4.69) is 6.07 Å². The lowest BCUT2D eigenvalue weighted by Crippen LogP contribution is -2.37. The highest BCUT2D eigenvalue weighted by molar-refractivity contribution is 5.75. The van der Waals surface area contributed by atoms with Crippen LogP contribution in [0, 0.1) is 18.3 Å². The van der Waals surface area contributed by atoms with Gasteiger partial charge in [0.1, 0.15) is 12.6 Å². The molecule has 96 valence electrons. The van der Waals surface area contributed by atoms with Crippen LogP contribution in [0.4, 0.5) is 5.69 Å². The molecule has 1 atom stereocenters. The van der Waals surface area contributed by atoms with Gasteiger partial charge in [0.15, 0.2) is 0 Å². The van der Waals surface area contributed by atoms with E-state index in [1.807, 2.05) is 32.9 Å². The summed E-state index contributed by atoms with van der Waals surface area (Å²) in [6.45, 7) is 5.81. The van der Waals surface area contributed by atoms with Gasteiger partial charge in [-0.15, -0.1) is 0 Å². The topological polar surface area (TPSA) is 64.3 Å². The Labute approximate surface area is 107 Å². The number of aryl methyl sites for hydroxylation is 1. The number of carboxylic acids is 1. The summed E-state index contributed by atoms with van der Waals surface area (Å²) < 4.78 is 0. The molecule has 1 N–H and O–H groups in total. The maximum atomic E-state index is 11.0. The van der Waals surface area contributed by atoms with Gasteiger partial charge in [-0.25, -0.2) is 0 Å². The van der Waals surface area contributed by atoms with Gasteiger partial charge >= 0.3 is 5.97 Å². The lowest BCUT2D eigenvalue weighted by Gasteiger charge is -2.30. The van der Waals surface area contributed by atoms with Crippen LogP contribution >= 0.6 is 0 Å². The number of carbonyl (C=O) groups is 1. The predicted octanol–water partition coefficient (Wildman–Crippen LogP) is 2.56. The number of hydrogen-bond acceptors (Lipinski definition) is 3. The molecule has 1 rings (SSSR count). The van der Waals surface area contributed by atoms with Gasteiger partial charge < -0.3 is 10.0 Å². The summed E-state index contributed by atoms with van der Waals surface area (Å²) in [5.41, 5.74) is 2.24. The van der Waals surface area contributed by atoms with Crippen LogP contribution < -0.4 is 4.90 Å². The van der Waals surface area contributed by atoms with Crippen LogP contribution in [0.25, 0.3) is 0 Å². The van der Waals surface area contributed by atoms with Crippen molar-refractivity contribution in [3.63, 3.8) is 0 Å². The Hall–Kier alpha value is -2.02. The molecule has 0 fully saturated rings. The van der Waals surface area contributed by atoms with Gasteiger partial charge in [-0.1, -0.05) is 13.0 Å². The number of aliphatic carboxylic acids is 1. The van der Waals surface area contributed by atoms with Crippen LogP contribution in [-0.4, -0.2) is 23.7 Å². The van der Waals surface area contributed by atoms with Crippen LogP contribution in [0.2, 0.25) is 0 Å². The Morgan fingerprint density at radius 2 is 2.22 bits per heavy atom. The summed E-state index contributed by atoms with van der Waals surface area (Å²) in [5.74, 6) is -0.888. The van der Waals surface area contributed by atoms with E-state index in [0.29, 0.717) is 11.3 Å². The van der Waals surface area contributed by atoms with Gasteiger partial charge in [0.05, 0.1) is 11.3 Å². The molecule has 4 nitrogen and oxygen atoms in total. The highest BCUT2D eigenvalue weighted by Crippen LogP contribution is 2.24. The maximum absolute atomic E-state index is 11.0. The molecule has 0 amide bonds. The molecule has 0 spiro atoms. The van der Waals surface area contributed by atoms with Gasteiger partial charge in [-0.2, -0.15) is 5.26 Å². The Balaban J connectivity index is 3.23. The average Bonchev–Trinajstić information content (AvgIpc) is 2.34. The summed E-state index contributed by atoms with van der Waals surface area (Å²) in [4.78, 5) is 12.7. The fourth-order valence-corrected chi connectivity index (χ4v) is 1.82. The lowest BCUT2D eigenvalue weighted by molar-refractivity contribution is -0.135. The molecule has 1 aromatic rings. The molecular weight excluding hydrogens is 228 g/mol. The van der Waals surface area contributed by atoms with E-state index in [0.717, 1.165) is 12.0 Å². The first-order valence-electron chi connectivity index (χ1n) is 5.98. The van der Waals surface area contributed by atoms with Crippen molar-refractivity contribution in [2.45, 2.75) is 33.2 Å². The number of nitriles is 1. The fraction of sp³-hybridized carbons (Fsp3) is 0.429. The van der Waals surface area contributed by atoms with Crippen LogP contribution in [0.3, 0.4) is 0 Å². The number of rotatable bonds is 5. The highest BCUT2D eigenvalue weighted by Gasteiger charge is 2.19. The smallest absolute Gasteiger partial charge is 0.323 e. The highest BCUT2D eigenvalue weighted by atomic mass is 16.4. The van der Waals surface area contributed by atoms with Crippen molar-refractivity contribution < 1.29 is 9.90 Å². The summed E-state index contributed by atoms with van der Waals surface area (Å²) >= 11 is 0. The largest absolute Gasteiger partial charge is 0.480 e. The van der Waals surface area contributed by atoms with Crippen molar-refractivity contribution in [1.82, 2.24) is 0 Å². The minimum atomic E-state index is -0.888. The normalized spacial score (nSPS) is 11.7. The summed E-state index contributed by atoms with van der Waals surface area (Å²) in [7, 11) is 0. The number of anilines is 1. The molecule has 0 saturated carbocycles. The Morgan fingerprint density at radius 1 is 1.56 bits per heavy atom. The minimum absolute atomic E-state index is 0.0787. The van der Waals surface area contributed by atoms with E-state index in [1.54, 1.807) is 11.0 Å². The van der Waals surface area contributed by atoms with Crippen LogP contribution in [0.1, 0.15) is 31.4 Å². The summed E-state index contributed by atoms with van der Waals surface area (Å²) in [5, 5.41) is 18.1. The van der Waals surface area contributed by atoms with Crippen molar-refractivity contribution in [3.05, 3.63) is 29.3 Å². The first-order valence-corrected chi connectivity index (χ1v) is 5.98. The molecule has 0 aliphatic rings. The second-order valence-electron chi connectivity index (χ2n) is 4.41. The Morgan fingerprint density at radius 3 is 2.72 bits per heavy atom. The van der Waals surface area contributed by atoms with E-state index < -0.39 is 5.97 Å². The van der Waals surface area contributed by atoms with Gasteiger partial charge in [-0.05, 0) is 38.0 Å². The standard InChI is InChI=1S/C14H18N2O2/c1-4-11(3)16(9-14(17)18)13-7-10(2)5-6-12(13)8-15/h5-7,11H,4,9H2,1-3H3,(H,17,18). The quantitative estimate of drug-likeness (QED) is 0.867. The monoisotopic (exact) mass is 246 g/mol. The van der Waals surface area contributed by atoms with Crippen LogP contribution in [0.15, 0.2) is 18.2 Å². The Kier molecular flexibility index (Phi) is 4.73. The molecule has 0 aromatic heterocycles. The number of hydrogen-bond donors (Lipinski definition) is 1. The van der Waals surface area contributed by atoms with Crippen molar-refractivity contribution in [1.29, 1.82) is 5.26 Å². The Bertz CT molecular complexity index is 477. The van der Waals surface area contributed by atoms with Gasteiger partial charge in [0.25, 0.3) is 0 Å². The molecule has 4 heteroatoms. The van der Waals surface area contributed by atoms with E-state index in [9.17, 15) is 4.79 Å². The maximum Gasteiger partial charge on any atom is 0.323 e. The second kappa shape index (κ2) is 6.06. The molecule has 0 radical (unpaired) electrons. The van der Waals surface area contributed by atoms with Gasteiger partial charge in [0.2, 0.25) is 0 Å². The second-order valence-corrected chi connectivity index (χ2v) is 4.41. The van der Waals surface area contributed by atoms with Crippen LogP contribution in [-0.2, 0) is 4.79 Å².